The molecule has 3 nitrogen and oxygen atoms in total. The van der Waals surface area contributed by atoms with Crippen LogP contribution in [-0.2, 0) is 6.54 Å². The van der Waals surface area contributed by atoms with Gasteiger partial charge in [0.1, 0.15) is 5.75 Å². The summed E-state index contributed by atoms with van der Waals surface area (Å²) in [6, 6.07) is 3.08. The van der Waals surface area contributed by atoms with Crippen molar-refractivity contribution in [1.29, 1.82) is 0 Å². The molecule has 2 unspecified atom stereocenters. The summed E-state index contributed by atoms with van der Waals surface area (Å²) in [5, 5.41) is 12.7. The van der Waals surface area contributed by atoms with E-state index in [0.717, 1.165) is 12.1 Å². The van der Waals surface area contributed by atoms with Crippen LogP contribution in [0, 0.1) is 12.8 Å². The summed E-state index contributed by atoms with van der Waals surface area (Å²) in [4.78, 5) is 4.19. The number of halogens is 3. The van der Waals surface area contributed by atoms with Gasteiger partial charge >= 0.3 is 6.18 Å². The number of nitrogens with zero attached hydrogens (tertiary/aromatic N) is 1. The van der Waals surface area contributed by atoms with Gasteiger partial charge in [-0.15, -0.1) is 0 Å². The maximum atomic E-state index is 12.7. The minimum Gasteiger partial charge on any atom is -0.506 e. The van der Waals surface area contributed by atoms with Crippen LogP contribution in [0.2, 0.25) is 0 Å². The van der Waals surface area contributed by atoms with E-state index in [2.05, 4.69) is 10.3 Å². The molecular formula is C14H19F3N2O. The van der Waals surface area contributed by atoms with Crippen LogP contribution >= 0.6 is 0 Å². The van der Waals surface area contributed by atoms with Crippen molar-refractivity contribution >= 4 is 0 Å². The van der Waals surface area contributed by atoms with Crippen LogP contribution in [0.15, 0.2) is 12.1 Å². The fourth-order valence-electron chi connectivity index (χ4n) is 2.65. The molecular weight excluding hydrogens is 269 g/mol. The lowest BCUT2D eigenvalue weighted by Gasteiger charge is -2.31. The topological polar surface area (TPSA) is 45.1 Å². The molecule has 1 aliphatic carbocycles. The fourth-order valence-corrected chi connectivity index (χ4v) is 2.65. The Kier molecular flexibility index (Phi) is 4.52. The summed E-state index contributed by atoms with van der Waals surface area (Å²) < 4.78 is 38.1. The standard InChI is InChI=1S/C14H19F3N2O/c1-9-5-6-13(20)12(19-9)8-18-11-4-2-3-10(7-11)14(15,16)17/h5-6,10-11,18,20H,2-4,7-8H2,1H3. The first-order valence-corrected chi connectivity index (χ1v) is 6.82. The van der Waals surface area contributed by atoms with Crippen molar-refractivity contribution in [2.45, 2.75) is 51.4 Å². The minimum atomic E-state index is -4.11. The SMILES string of the molecule is Cc1ccc(O)c(CNC2CCCC(C(F)(F)F)C2)n1. The first-order valence-electron chi connectivity index (χ1n) is 6.82. The molecule has 0 amide bonds. The third-order valence-electron chi connectivity index (χ3n) is 3.78. The van der Waals surface area contributed by atoms with Crippen molar-refractivity contribution in [1.82, 2.24) is 10.3 Å². The van der Waals surface area contributed by atoms with E-state index in [4.69, 9.17) is 0 Å². The quantitative estimate of drug-likeness (QED) is 0.897. The third-order valence-corrected chi connectivity index (χ3v) is 3.78. The third kappa shape index (κ3) is 3.85. The van der Waals surface area contributed by atoms with E-state index in [-0.39, 0.29) is 24.6 Å². The molecule has 1 aromatic heterocycles. The molecule has 1 heterocycles. The van der Waals surface area contributed by atoms with E-state index < -0.39 is 12.1 Å². The van der Waals surface area contributed by atoms with Crippen molar-refractivity contribution in [2.24, 2.45) is 5.92 Å². The largest absolute Gasteiger partial charge is 0.506 e. The Morgan fingerprint density at radius 1 is 1.35 bits per heavy atom. The van der Waals surface area contributed by atoms with Gasteiger partial charge in [-0.2, -0.15) is 13.2 Å². The number of aromatic nitrogens is 1. The lowest BCUT2D eigenvalue weighted by atomic mass is 9.85. The second-order valence-corrected chi connectivity index (χ2v) is 5.40. The van der Waals surface area contributed by atoms with Crippen molar-refractivity contribution in [3.63, 3.8) is 0 Å². The predicted molar refractivity (Wildman–Crippen MR) is 69.3 cm³/mol. The lowest BCUT2D eigenvalue weighted by molar-refractivity contribution is -0.183. The molecule has 20 heavy (non-hydrogen) atoms. The van der Waals surface area contributed by atoms with E-state index in [9.17, 15) is 18.3 Å². The molecule has 1 aromatic rings. The average Bonchev–Trinajstić information content (AvgIpc) is 2.39. The van der Waals surface area contributed by atoms with Gasteiger partial charge in [-0.05, 0) is 38.3 Å². The Morgan fingerprint density at radius 2 is 2.10 bits per heavy atom. The van der Waals surface area contributed by atoms with Gasteiger partial charge in [-0.3, -0.25) is 4.98 Å². The van der Waals surface area contributed by atoms with E-state index in [1.54, 1.807) is 12.1 Å². The summed E-state index contributed by atoms with van der Waals surface area (Å²) >= 11 is 0. The van der Waals surface area contributed by atoms with Crippen molar-refractivity contribution in [2.75, 3.05) is 0 Å². The van der Waals surface area contributed by atoms with Gasteiger partial charge in [0, 0.05) is 18.3 Å². The Hall–Kier alpha value is -1.30. The summed E-state index contributed by atoms with van der Waals surface area (Å²) in [6.07, 6.45) is -2.47. The molecule has 1 aliphatic rings. The maximum absolute atomic E-state index is 12.7. The molecule has 0 saturated heterocycles. The normalized spacial score (nSPS) is 23.8. The minimum absolute atomic E-state index is 0.0753. The molecule has 112 valence electrons. The van der Waals surface area contributed by atoms with Crippen molar-refractivity contribution in [3.8, 4) is 5.75 Å². The molecule has 1 saturated carbocycles. The molecule has 2 atom stereocenters. The molecule has 1 fully saturated rings. The van der Waals surface area contributed by atoms with Gasteiger partial charge in [0.2, 0.25) is 0 Å². The van der Waals surface area contributed by atoms with Crippen LogP contribution in [-0.4, -0.2) is 22.3 Å². The number of nitrogens with one attached hydrogen (secondary N) is 1. The van der Waals surface area contributed by atoms with Crippen LogP contribution in [0.1, 0.15) is 37.1 Å². The van der Waals surface area contributed by atoms with Crippen LogP contribution in [0.25, 0.3) is 0 Å². The number of aromatic hydroxyl groups is 1. The highest BCUT2D eigenvalue weighted by Gasteiger charge is 2.42. The van der Waals surface area contributed by atoms with Gasteiger partial charge in [0.15, 0.2) is 0 Å². The summed E-state index contributed by atoms with van der Waals surface area (Å²) in [7, 11) is 0. The fraction of sp³-hybridized carbons (Fsp3) is 0.643. The molecule has 0 spiro atoms. The molecule has 0 radical (unpaired) electrons. The van der Waals surface area contributed by atoms with Gasteiger partial charge in [-0.25, -0.2) is 0 Å². The number of hydrogen-bond acceptors (Lipinski definition) is 3. The number of alkyl halides is 3. The summed E-state index contributed by atoms with van der Waals surface area (Å²) in [5.41, 5.74) is 1.26. The summed E-state index contributed by atoms with van der Waals surface area (Å²) in [5.74, 6) is -1.14. The molecule has 2 N–H and O–H groups in total. The molecule has 0 aliphatic heterocycles. The number of pyridine rings is 1. The first kappa shape index (κ1) is 15.1. The Morgan fingerprint density at radius 3 is 2.80 bits per heavy atom. The van der Waals surface area contributed by atoms with Crippen LogP contribution in [0.5, 0.6) is 5.75 Å². The number of rotatable bonds is 3. The Balaban J connectivity index is 1.92. The van der Waals surface area contributed by atoms with E-state index in [1.165, 1.54) is 0 Å². The van der Waals surface area contributed by atoms with Crippen molar-refractivity contribution < 1.29 is 18.3 Å². The highest BCUT2D eigenvalue weighted by molar-refractivity contribution is 5.27. The lowest BCUT2D eigenvalue weighted by Crippen LogP contribution is -2.38. The number of hydrogen-bond donors (Lipinski definition) is 2. The van der Waals surface area contributed by atoms with E-state index in [1.807, 2.05) is 6.92 Å². The summed E-state index contributed by atoms with van der Waals surface area (Å²) in [6.45, 7) is 2.10. The highest BCUT2D eigenvalue weighted by atomic mass is 19.4. The van der Waals surface area contributed by atoms with Gasteiger partial charge in [-0.1, -0.05) is 6.42 Å². The zero-order valence-electron chi connectivity index (χ0n) is 11.4. The average molecular weight is 288 g/mol. The van der Waals surface area contributed by atoms with E-state index in [0.29, 0.717) is 18.7 Å². The highest BCUT2D eigenvalue weighted by Crippen LogP contribution is 2.37. The zero-order chi connectivity index (χ0) is 14.8. The predicted octanol–water partition coefficient (Wildman–Crippen LogP) is 3.31. The smallest absolute Gasteiger partial charge is 0.391 e. The van der Waals surface area contributed by atoms with Gasteiger partial charge in [0.25, 0.3) is 0 Å². The van der Waals surface area contributed by atoms with E-state index >= 15 is 0 Å². The molecule has 0 bridgehead atoms. The van der Waals surface area contributed by atoms with Crippen molar-refractivity contribution in [3.05, 3.63) is 23.5 Å². The Labute approximate surface area is 116 Å². The second-order valence-electron chi connectivity index (χ2n) is 5.40. The van der Waals surface area contributed by atoms with Crippen LogP contribution in [0.4, 0.5) is 13.2 Å². The molecule has 6 heteroatoms. The van der Waals surface area contributed by atoms with Gasteiger partial charge < -0.3 is 10.4 Å². The second kappa shape index (κ2) is 5.99. The molecule has 0 aromatic carbocycles. The van der Waals surface area contributed by atoms with Crippen LogP contribution < -0.4 is 5.32 Å². The molecule has 2 rings (SSSR count). The van der Waals surface area contributed by atoms with Crippen LogP contribution in [0.3, 0.4) is 0 Å². The zero-order valence-corrected chi connectivity index (χ0v) is 11.4. The van der Waals surface area contributed by atoms with Gasteiger partial charge in [0.05, 0.1) is 11.6 Å². The maximum Gasteiger partial charge on any atom is 0.391 e. The number of aryl methyl sites for hydroxylation is 1. The Bertz CT molecular complexity index is 462. The first-order chi connectivity index (χ1) is 9.36. The monoisotopic (exact) mass is 288 g/mol.